The van der Waals surface area contributed by atoms with Gasteiger partial charge < -0.3 is 10.6 Å². The zero-order valence-corrected chi connectivity index (χ0v) is 16.6. The maximum atomic E-state index is 12.5. The largest absolute Gasteiger partial charge is 0.351 e. The number of hydrogen-bond acceptors (Lipinski definition) is 4. The van der Waals surface area contributed by atoms with Gasteiger partial charge in [0.15, 0.2) is 5.13 Å². The van der Waals surface area contributed by atoms with Crippen LogP contribution in [0.3, 0.4) is 0 Å². The molecule has 5 heteroatoms. The second-order valence-electron chi connectivity index (χ2n) is 6.99. The molecule has 2 N–H and O–H groups in total. The Balaban J connectivity index is 1.60. The first-order valence-electron chi connectivity index (χ1n) is 9.31. The average Bonchev–Trinajstić information content (AvgIpc) is 2.99. The summed E-state index contributed by atoms with van der Waals surface area (Å²) in [6.07, 6.45) is 8.23. The number of carbonyl (C=O) groups excluding carboxylic acids is 1. The van der Waals surface area contributed by atoms with Gasteiger partial charge in [0, 0.05) is 12.2 Å². The molecular formula is C21H27N3OS. The van der Waals surface area contributed by atoms with Crippen LogP contribution in [0.2, 0.25) is 0 Å². The molecule has 0 fully saturated rings. The molecule has 1 amide bonds. The molecule has 0 aliphatic heterocycles. The van der Waals surface area contributed by atoms with Gasteiger partial charge in [-0.05, 0) is 64.5 Å². The van der Waals surface area contributed by atoms with Crippen LogP contribution in [0, 0.1) is 20.8 Å². The summed E-state index contributed by atoms with van der Waals surface area (Å²) in [4.78, 5) is 17.7. The highest BCUT2D eigenvalue weighted by molar-refractivity contribution is 7.17. The Kier molecular flexibility index (Phi) is 6.09. The number of aryl methyl sites for hydroxylation is 3. The molecule has 3 rings (SSSR count). The van der Waals surface area contributed by atoms with Crippen molar-refractivity contribution < 1.29 is 4.79 Å². The first-order valence-corrected chi connectivity index (χ1v) is 10.1. The lowest BCUT2D eigenvalue weighted by atomic mass is 9.97. The number of hydrogen-bond donors (Lipinski definition) is 2. The minimum Gasteiger partial charge on any atom is -0.351 e. The maximum Gasteiger partial charge on any atom is 0.263 e. The third kappa shape index (κ3) is 4.73. The molecule has 0 spiro atoms. The topological polar surface area (TPSA) is 54.0 Å². The second-order valence-corrected chi connectivity index (χ2v) is 7.99. The zero-order chi connectivity index (χ0) is 18.5. The van der Waals surface area contributed by atoms with Gasteiger partial charge in [-0.15, -0.1) is 0 Å². The lowest BCUT2D eigenvalue weighted by Crippen LogP contribution is -2.24. The molecule has 1 aromatic carbocycles. The summed E-state index contributed by atoms with van der Waals surface area (Å²) < 4.78 is 0. The van der Waals surface area contributed by atoms with E-state index in [2.05, 4.69) is 53.7 Å². The Bertz CT molecular complexity index is 823. The van der Waals surface area contributed by atoms with Crippen molar-refractivity contribution in [2.45, 2.75) is 52.9 Å². The summed E-state index contributed by atoms with van der Waals surface area (Å²) in [5.74, 6) is -0.0231. The van der Waals surface area contributed by atoms with E-state index in [-0.39, 0.29) is 5.91 Å². The average molecular weight is 370 g/mol. The quantitative estimate of drug-likeness (QED) is 0.667. The Hall–Kier alpha value is -2.14. The highest BCUT2D eigenvalue weighted by Crippen LogP contribution is 2.27. The van der Waals surface area contributed by atoms with E-state index < -0.39 is 0 Å². The normalized spacial score (nSPS) is 14.0. The van der Waals surface area contributed by atoms with Crippen LogP contribution in [0.15, 0.2) is 29.8 Å². The number of benzene rings is 1. The van der Waals surface area contributed by atoms with Gasteiger partial charge in [-0.1, -0.05) is 40.7 Å². The van der Waals surface area contributed by atoms with Crippen LogP contribution in [-0.4, -0.2) is 17.4 Å². The molecule has 1 heterocycles. The summed E-state index contributed by atoms with van der Waals surface area (Å²) in [5.41, 5.74) is 5.69. The molecule has 0 unspecified atom stereocenters. The van der Waals surface area contributed by atoms with E-state index in [1.807, 2.05) is 6.92 Å². The first-order chi connectivity index (χ1) is 12.5. The van der Waals surface area contributed by atoms with Crippen molar-refractivity contribution in [1.82, 2.24) is 10.3 Å². The van der Waals surface area contributed by atoms with Crippen LogP contribution in [0.1, 0.15) is 58.6 Å². The van der Waals surface area contributed by atoms with E-state index in [1.54, 1.807) is 0 Å². The van der Waals surface area contributed by atoms with Crippen LogP contribution in [-0.2, 0) is 0 Å². The summed E-state index contributed by atoms with van der Waals surface area (Å²) in [5, 5.41) is 7.15. The van der Waals surface area contributed by atoms with Crippen molar-refractivity contribution in [3.05, 3.63) is 51.5 Å². The third-order valence-corrected chi connectivity index (χ3v) is 5.81. The molecule has 0 radical (unpaired) electrons. The summed E-state index contributed by atoms with van der Waals surface area (Å²) in [6.45, 7) is 6.74. The molecule has 1 aliphatic rings. The van der Waals surface area contributed by atoms with Crippen molar-refractivity contribution in [2.24, 2.45) is 0 Å². The van der Waals surface area contributed by atoms with Gasteiger partial charge >= 0.3 is 0 Å². The first kappa shape index (κ1) is 18.6. The molecular weight excluding hydrogens is 342 g/mol. The number of nitrogens with one attached hydrogen (secondary N) is 2. The van der Waals surface area contributed by atoms with Gasteiger partial charge in [0.1, 0.15) is 4.88 Å². The van der Waals surface area contributed by atoms with Crippen molar-refractivity contribution in [3.8, 4) is 0 Å². The Morgan fingerprint density at radius 1 is 1.23 bits per heavy atom. The van der Waals surface area contributed by atoms with Gasteiger partial charge in [-0.3, -0.25) is 4.79 Å². The lowest BCUT2D eigenvalue weighted by Gasteiger charge is -2.12. The minimum atomic E-state index is -0.0231. The molecule has 0 atom stereocenters. The second kappa shape index (κ2) is 8.49. The van der Waals surface area contributed by atoms with Gasteiger partial charge in [0.05, 0.1) is 5.69 Å². The van der Waals surface area contributed by atoms with E-state index in [0.29, 0.717) is 11.4 Å². The standard InChI is InChI=1S/C21H27N3OS/c1-14-9-10-18(15(2)13-14)24-21-23-16(3)19(26-21)20(25)22-12-11-17-7-5-4-6-8-17/h7,9-10,13H,4-6,8,11-12H2,1-3H3,(H,22,25)(H,23,24). The Morgan fingerprint density at radius 3 is 2.81 bits per heavy atom. The van der Waals surface area contributed by atoms with Gasteiger partial charge in [0.25, 0.3) is 5.91 Å². The summed E-state index contributed by atoms with van der Waals surface area (Å²) in [7, 11) is 0. The Labute approximate surface area is 159 Å². The molecule has 26 heavy (non-hydrogen) atoms. The van der Waals surface area contributed by atoms with E-state index in [9.17, 15) is 4.79 Å². The fraction of sp³-hybridized carbons (Fsp3) is 0.429. The Morgan fingerprint density at radius 2 is 2.08 bits per heavy atom. The fourth-order valence-corrected chi connectivity index (χ4v) is 4.17. The molecule has 4 nitrogen and oxygen atoms in total. The molecule has 0 saturated heterocycles. The lowest BCUT2D eigenvalue weighted by molar-refractivity contribution is 0.0957. The molecule has 138 valence electrons. The van der Waals surface area contributed by atoms with Crippen LogP contribution in [0.5, 0.6) is 0 Å². The predicted molar refractivity (Wildman–Crippen MR) is 110 cm³/mol. The van der Waals surface area contributed by atoms with E-state index in [0.717, 1.165) is 22.9 Å². The number of nitrogens with zero attached hydrogens (tertiary/aromatic N) is 1. The van der Waals surface area contributed by atoms with Crippen LogP contribution < -0.4 is 10.6 Å². The SMILES string of the molecule is Cc1ccc(Nc2nc(C)c(C(=O)NCCC3=CCCCC3)s2)c(C)c1. The van der Waals surface area contributed by atoms with E-state index in [1.165, 1.54) is 53.7 Å². The molecule has 0 bridgehead atoms. The number of rotatable bonds is 6. The van der Waals surface area contributed by atoms with Gasteiger partial charge in [0.2, 0.25) is 0 Å². The number of anilines is 2. The smallest absolute Gasteiger partial charge is 0.263 e. The number of aromatic nitrogens is 1. The fourth-order valence-electron chi connectivity index (χ4n) is 3.28. The van der Waals surface area contributed by atoms with Crippen LogP contribution in [0.4, 0.5) is 10.8 Å². The summed E-state index contributed by atoms with van der Waals surface area (Å²) in [6, 6.07) is 6.26. The molecule has 1 aliphatic carbocycles. The predicted octanol–water partition coefficient (Wildman–Crippen LogP) is 5.43. The number of allylic oxidation sites excluding steroid dienone is 1. The number of carbonyl (C=O) groups is 1. The zero-order valence-electron chi connectivity index (χ0n) is 15.8. The minimum absolute atomic E-state index is 0.0231. The van der Waals surface area contributed by atoms with Crippen molar-refractivity contribution in [1.29, 1.82) is 0 Å². The molecule has 1 aromatic heterocycles. The van der Waals surface area contributed by atoms with Crippen molar-refractivity contribution >= 4 is 28.1 Å². The van der Waals surface area contributed by atoms with Gasteiger partial charge in [-0.25, -0.2) is 4.98 Å². The number of amides is 1. The van der Waals surface area contributed by atoms with E-state index >= 15 is 0 Å². The third-order valence-electron chi connectivity index (χ3n) is 4.74. The van der Waals surface area contributed by atoms with Crippen molar-refractivity contribution in [3.63, 3.8) is 0 Å². The van der Waals surface area contributed by atoms with Crippen LogP contribution >= 0.6 is 11.3 Å². The molecule has 2 aromatic rings. The molecule has 0 saturated carbocycles. The monoisotopic (exact) mass is 369 g/mol. The van der Waals surface area contributed by atoms with Crippen LogP contribution in [0.25, 0.3) is 0 Å². The van der Waals surface area contributed by atoms with Crippen molar-refractivity contribution in [2.75, 3.05) is 11.9 Å². The highest BCUT2D eigenvalue weighted by atomic mass is 32.1. The highest BCUT2D eigenvalue weighted by Gasteiger charge is 2.16. The number of thiazole rings is 1. The van der Waals surface area contributed by atoms with E-state index in [4.69, 9.17) is 0 Å². The summed E-state index contributed by atoms with van der Waals surface area (Å²) >= 11 is 1.41. The van der Waals surface area contributed by atoms with Gasteiger partial charge in [-0.2, -0.15) is 0 Å². The maximum absolute atomic E-state index is 12.5.